The number of ketones is 1. The summed E-state index contributed by atoms with van der Waals surface area (Å²) in [6, 6.07) is 8.31. The smallest absolute Gasteiger partial charge is 0.270 e. The number of non-ortho nitro benzene ring substituents is 1. The van der Waals surface area contributed by atoms with Crippen LogP contribution in [0.3, 0.4) is 0 Å². The minimum Gasteiger partial charge on any atom is -0.289 e. The fourth-order valence-corrected chi connectivity index (χ4v) is 3.08. The van der Waals surface area contributed by atoms with Crippen LogP contribution in [0.2, 0.25) is 0 Å². The molecule has 1 aliphatic rings. The van der Waals surface area contributed by atoms with E-state index in [0.717, 1.165) is 17.6 Å². The first-order chi connectivity index (χ1) is 10.6. The maximum Gasteiger partial charge on any atom is 0.270 e. The van der Waals surface area contributed by atoms with Gasteiger partial charge in [0.2, 0.25) is 0 Å². The van der Waals surface area contributed by atoms with Crippen molar-refractivity contribution >= 4 is 35.0 Å². The van der Waals surface area contributed by atoms with Crippen molar-refractivity contribution in [3.05, 3.63) is 73.5 Å². The number of hydrogen-bond acceptors (Lipinski definition) is 4. The van der Waals surface area contributed by atoms with Gasteiger partial charge in [0.05, 0.1) is 4.92 Å². The highest BCUT2D eigenvalue weighted by atomic mass is 32.1. The van der Waals surface area contributed by atoms with Gasteiger partial charge in [-0.15, -0.1) is 0 Å². The van der Waals surface area contributed by atoms with E-state index in [-0.39, 0.29) is 11.5 Å². The molecule has 1 aromatic heterocycles. The van der Waals surface area contributed by atoms with Crippen molar-refractivity contribution in [3.63, 3.8) is 0 Å². The van der Waals surface area contributed by atoms with Gasteiger partial charge in [0.1, 0.15) is 0 Å². The summed E-state index contributed by atoms with van der Waals surface area (Å²) in [6.45, 7) is 0. The Bertz CT molecular complexity index is 788. The Labute approximate surface area is 131 Å². The SMILES string of the molecule is O=C1/C(=C\c2ccsc2)CC/C1=C/c1cccc([N+](=O)[O-])c1. The standard InChI is InChI=1S/C17H13NO3S/c19-17-14(4-5-15(17)9-13-6-7-22-11-13)8-12-2-1-3-16(10-12)18(20)21/h1-3,6-11H,4-5H2/b14-8-,15-9-. The van der Waals surface area contributed by atoms with E-state index in [2.05, 4.69) is 0 Å². The van der Waals surface area contributed by atoms with Crippen molar-refractivity contribution in [3.8, 4) is 0 Å². The van der Waals surface area contributed by atoms with Gasteiger partial charge in [-0.1, -0.05) is 12.1 Å². The number of nitro groups is 1. The number of nitrogens with zero attached hydrogens (tertiary/aromatic N) is 1. The highest BCUT2D eigenvalue weighted by molar-refractivity contribution is 7.08. The first-order valence-corrected chi connectivity index (χ1v) is 7.80. The lowest BCUT2D eigenvalue weighted by Gasteiger charge is -1.97. The molecule has 22 heavy (non-hydrogen) atoms. The van der Waals surface area contributed by atoms with Crippen LogP contribution >= 0.6 is 11.3 Å². The van der Waals surface area contributed by atoms with Gasteiger partial charge in [-0.05, 0) is 52.9 Å². The van der Waals surface area contributed by atoms with Crippen LogP contribution in [0.1, 0.15) is 24.0 Å². The number of rotatable bonds is 3. The molecular formula is C17H13NO3S. The van der Waals surface area contributed by atoms with Gasteiger partial charge < -0.3 is 0 Å². The van der Waals surface area contributed by atoms with E-state index < -0.39 is 4.92 Å². The van der Waals surface area contributed by atoms with E-state index >= 15 is 0 Å². The van der Waals surface area contributed by atoms with Crippen molar-refractivity contribution in [1.82, 2.24) is 0 Å². The molecule has 0 radical (unpaired) electrons. The lowest BCUT2D eigenvalue weighted by atomic mass is 10.1. The normalized spacial score (nSPS) is 18.3. The number of thiophene rings is 1. The molecule has 1 fully saturated rings. The Morgan fingerprint density at radius 2 is 1.82 bits per heavy atom. The number of carbonyl (C=O) groups is 1. The van der Waals surface area contributed by atoms with Crippen molar-refractivity contribution in [2.24, 2.45) is 0 Å². The molecule has 0 N–H and O–H groups in total. The fraction of sp³-hybridized carbons (Fsp3) is 0.118. The fourth-order valence-electron chi connectivity index (χ4n) is 2.47. The molecule has 1 saturated carbocycles. The molecule has 5 heteroatoms. The highest BCUT2D eigenvalue weighted by Crippen LogP contribution is 2.30. The van der Waals surface area contributed by atoms with Gasteiger partial charge in [0, 0.05) is 23.3 Å². The second-order valence-corrected chi connectivity index (χ2v) is 5.86. The highest BCUT2D eigenvalue weighted by Gasteiger charge is 2.23. The molecule has 0 saturated heterocycles. The minimum atomic E-state index is -0.430. The molecule has 0 bridgehead atoms. The average molecular weight is 311 g/mol. The Balaban J connectivity index is 1.86. The van der Waals surface area contributed by atoms with E-state index in [0.29, 0.717) is 17.6 Å². The average Bonchev–Trinajstić information content (AvgIpc) is 3.13. The number of carbonyl (C=O) groups excluding carboxylic acids is 1. The lowest BCUT2D eigenvalue weighted by Crippen LogP contribution is -1.95. The number of nitro benzene ring substituents is 1. The van der Waals surface area contributed by atoms with Gasteiger partial charge >= 0.3 is 0 Å². The summed E-state index contributed by atoms with van der Waals surface area (Å²) < 4.78 is 0. The summed E-state index contributed by atoms with van der Waals surface area (Å²) >= 11 is 1.60. The zero-order chi connectivity index (χ0) is 15.5. The number of allylic oxidation sites excluding steroid dienone is 2. The van der Waals surface area contributed by atoms with E-state index in [1.54, 1.807) is 29.5 Å². The number of Topliss-reactive ketones (excluding diaryl/α,β-unsaturated/α-hetero) is 1. The predicted octanol–water partition coefficient (Wildman–Crippen LogP) is 4.49. The monoisotopic (exact) mass is 311 g/mol. The molecule has 1 aromatic carbocycles. The lowest BCUT2D eigenvalue weighted by molar-refractivity contribution is -0.384. The molecule has 0 spiro atoms. The van der Waals surface area contributed by atoms with Crippen molar-refractivity contribution in [2.75, 3.05) is 0 Å². The summed E-state index contributed by atoms with van der Waals surface area (Å²) in [5, 5.41) is 14.8. The molecular weight excluding hydrogens is 298 g/mol. The maximum absolute atomic E-state index is 12.4. The summed E-state index contributed by atoms with van der Waals surface area (Å²) in [5.74, 6) is 0.0395. The van der Waals surface area contributed by atoms with E-state index in [9.17, 15) is 14.9 Å². The Kier molecular flexibility index (Phi) is 3.98. The topological polar surface area (TPSA) is 60.2 Å². The van der Waals surface area contributed by atoms with E-state index in [1.807, 2.05) is 22.9 Å². The molecule has 0 amide bonds. The Morgan fingerprint density at radius 3 is 2.45 bits per heavy atom. The molecule has 110 valence electrons. The molecule has 3 rings (SSSR count). The zero-order valence-electron chi connectivity index (χ0n) is 11.7. The third-order valence-corrected chi connectivity index (χ3v) is 4.25. The molecule has 0 unspecified atom stereocenters. The minimum absolute atomic E-state index is 0.0360. The first-order valence-electron chi connectivity index (χ1n) is 6.86. The van der Waals surface area contributed by atoms with Gasteiger partial charge in [-0.25, -0.2) is 0 Å². The molecule has 1 heterocycles. The van der Waals surface area contributed by atoms with Gasteiger partial charge in [0.25, 0.3) is 5.69 Å². The third-order valence-electron chi connectivity index (χ3n) is 3.55. The van der Waals surface area contributed by atoms with Crippen molar-refractivity contribution < 1.29 is 9.72 Å². The van der Waals surface area contributed by atoms with Crippen LogP contribution in [0, 0.1) is 10.1 Å². The Morgan fingerprint density at radius 1 is 1.09 bits per heavy atom. The van der Waals surface area contributed by atoms with Crippen molar-refractivity contribution in [1.29, 1.82) is 0 Å². The maximum atomic E-state index is 12.4. The summed E-state index contributed by atoms with van der Waals surface area (Å²) in [6.07, 6.45) is 5.07. The van der Waals surface area contributed by atoms with Crippen LogP contribution in [-0.4, -0.2) is 10.7 Å². The van der Waals surface area contributed by atoms with Crippen LogP contribution in [0.4, 0.5) is 5.69 Å². The van der Waals surface area contributed by atoms with Gasteiger partial charge in [0.15, 0.2) is 5.78 Å². The largest absolute Gasteiger partial charge is 0.289 e. The van der Waals surface area contributed by atoms with Gasteiger partial charge in [-0.2, -0.15) is 11.3 Å². The molecule has 1 aliphatic carbocycles. The van der Waals surface area contributed by atoms with Crippen LogP contribution in [0.25, 0.3) is 12.2 Å². The second-order valence-electron chi connectivity index (χ2n) is 5.08. The summed E-state index contributed by atoms with van der Waals surface area (Å²) in [5.41, 5.74) is 3.28. The molecule has 4 nitrogen and oxygen atoms in total. The Hall–Kier alpha value is -2.53. The summed E-state index contributed by atoms with van der Waals surface area (Å²) in [7, 11) is 0. The van der Waals surface area contributed by atoms with Crippen LogP contribution in [-0.2, 0) is 4.79 Å². The zero-order valence-corrected chi connectivity index (χ0v) is 12.5. The number of hydrogen-bond donors (Lipinski definition) is 0. The molecule has 0 aliphatic heterocycles. The number of benzene rings is 1. The first kappa shape index (κ1) is 14.4. The quantitative estimate of drug-likeness (QED) is 0.477. The van der Waals surface area contributed by atoms with E-state index in [4.69, 9.17) is 0 Å². The second kappa shape index (κ2) is 6.07. The molecule has 0 atom stereocenters. The van der Waals surface area contributed by atoms with Crippen LogP contribution in [0.15, 0.2) is 52.2 Å². The van der Waals surface area contributed by atoms with Gasteiger partial charge in [-0.3, -0.25) is 14.9 Å². The van der Waals surface area contributed by atoms with Crippen molar-refractivity contribution in [2.45, 2.75) is 12.8 Å². The van der Waals surface area contributed by atoms with Crippen LogP contribution in [0.5, 0.6) is 0 Å². The van der Waals surface area contributed by atoms with Crippen LogP contribution < -0.4 is 0 Å². The van der Waals surface area contributed by atoms with E-state index in [1.165, 1.54) is 12.1 Å². The summed E-state index contributed by atoms with van der Waals surface area (Å²) in [4.78, 5) is 22.8. The molecule has 2 aromatic rings. The third kappa shape index (κ3) is 3.04. The predicted molar refractivity (Wildman–Crippen MR) is 87.6 cm³/mol.